The third-order valence-corrected chi connectivity index (χ3v) is 3.58. The number of nitrogens with zero attached hydrogens (tertiary/aromatic N) is 1. The molecule has 0 aliphatic heterocycles. The molecule has 19 heavy (non-hydrogen) atoms. The summed E-state index contributed by atoms with van der Waals surface area (Å²) in [4.78, 5) is 27.0. The van der Waals surface area contributed by atoms with Gasteiger partial charge in [-0.1, -0.05) is 6.07 Å². The minimum Gasteiger partial charge on any atom is -0.477 e. The monoisotopic (exact) mass is 276 g/mol. The molecule has 0 aliphatic rings. The lowest BCUT2D eigenvalue weighted by atomic mass is 10.2. The van der Waals surface area contributed by atoms with Crippen LogP contribution in [0, 0.1) is 6.92 Å². The van der Waals surface area contributed by atoms with Crippen LogP contribution in [0.5, 0.6) is 0 Å². The van der Waals surface area contributed by atoms with Gasteiger partial charge in [-0.15, -0.1) is 11.3 Å². The molecule has 98 valence electrons. The molecule has 6 heteroatoms. The second-order valence-corrected chi connectivity index (χ2v) is 5.03. The molecule has 2 aromatic heterocycles. The molecule has 2 rings (SSSR count). The molecule has 0 bridgehead atoms. The SMILES string of the molecule is Cc1cc(NC(=O)Cc2ccccn2)sc1C(=O)O. The molecule has 5 nitrogen and oxygen atoms in total. The lowest BCUT2D eigenvalue weighted by molar-refractivity contribution is -0.115. The first kappa shape index (κ1) is 13.2. The number of thiophene rings is 1. The summed E-state index contributed by atoms with van der Waals surface area (Å²) in [6, 6.07) is 7.02. The number of anilines is 1. The first-order chi connectivity index (χ1) is 9.06. The average molecular weight is 276 g/mol. The van der Waals surface area contributed by atoms with Gasteiger partial charge in [-0.3, -0.25) is 9.78 Å². The van der Waals surface area contributed by atoms with Crippen LogP contribution in [-0.2, 0) is 11.2 Å². The normalized spacial score (nSPS) is 10.2. The van der Waals surface area contributed by atoms with Crippen molar-refractivity contribution in [3.05, 3.63) is 46.6 Å². The smallest absolute Gasteiger partial charge is 0.346 e. The van der Waals surface area contributed by atoms with Crippen LogP contribution in [0.1, 0.15) is 20.9 Å². The number of carboxylic acids is 1. The number of amides is 1. The van der Waals surface area contributed by atoms with E-state index < -0.39 is 5.97 Å². The lowest BCUT2D eigenvalue weighted by Crippen LogP contribution is -2.14. The maximum absolute atomic E-state index is 11.8. The molecule has 0 saturated carbocycles. The van der Waals surface area contributed by atoms with Crippen LogP contribution in [-0.4, -0.2) is 22.0 Å². The molecule has 0 atom stereocenters. The van der Waals surface area contributed by atoms with Crippen molar-refractivity contribution in [1.29, 1.82) is 0 Å². The third kappa shape index (κ3) is 3.38. The minimum atomic E-state index is -0.979. The highest BCUT2D eigenvalue weighted by Gasteiger charge is 2.13. The Bertz CT molecular complexity index is 608. The van der Waals surface area contributed by atoms with Gasteiger partial charge in [0.1, 0.15) is 4.88 Å². The highest BCUT2D eigenvalue weighted by atomic mass is 32.1. The van der Waals surface area contributed by atoms with Gasteiger partial charge in [-0.2, -0.15) is 0 Å². The zero-order chi connectivity index (χ0) is 13.8. The van der Waals surface area contributed by atoms with Crippen LogP contribution in [0.4, 0.5) is 5.00 Å². The highest BCUT2D eigenvalue weighted by molar-refractivity contribution is 7.18. The Hall–Kier alpha value is -2.21. The van der Waals surface area contributed by atoms with E-state index in [0.717, 1.165) is 11.3 Å². The number of pyridine rings is 1. The molecule has 0 radical (unpaired) electrons. The number of nitrogens with one attached hydrogen (secondary N) is 1. The van der Waals surface area contributed by atoms with E-state index >= 15 is 0 Å². The van der Waals surface area contributed by atoms with Crippen molar-refractivity contribution >= 4 is 28.2 Å². The van der Waals surface area contributed by atoms with Crippen LogP contribution < -0.4 is 5.32 Å². The number of carbonyl (C=O) groups is 2. The molecule has 0 aromatic carbocycles. The largest absolute Gasteiger partial charge is 0.477 e. The van der Waals surface area contributed by atoms with Crippen LogP contribution >= 0.6 is 11.3 Å². The van der Waals surface area contributed by atoms with Gasteiger partial charge in [0.2, 0.25) is 5.91 Å². The van der Waals surface area contributed by atoms with Crippen LogP contribution in [0.25, 0.3) is 0 Å². The number of hydrogen-bond acceptors (Lipinski definition) is 4. The third-order valence-electron chi connectivity index (χ3n) is 2.44. The van der Waals surface area contributed by atoms with Gasteiger partial charge in [0.15, 0.2) is 0 Å². The molecule has 0 spiro atoms. The highest BCUT2D eigenvalue weighted by Crippen LogP contribution is 2.26. The fourth-order valence-corrected chi connectivity index (χ4v) is 2.53. The summed E-state index contributed by atoms with van der Waals surface area (Å²) in [6.07, 6.45) is 1.79. The van der Waals surface area contributed by atoms with Crippen molar-refractivity contribution in [2.45, 2.75) is 13.3 Å². The average Bonchev–Trinajstić information content (AvgIpc) is 2.71. The zero-order valence-electron chi connectivity index (χ0n) is 10.2. The van der Waals surface area contributed by atoms with Crippen LogP contribution in [0.15, 0.2) is 30.5 Å². The molecular formula is C13H12N2O3S. The summed E-state index contributed by atoms with van der Waals surface area (Å²) in [5, 5.41) is 12.2. The Labute approximate surface area is 113 Å². The van der Waals surface area contributed by atoms with E-state index in [0.29, 0.717) is 16.3 Å². The fraction of sp³-hybridized carbons (Fsp3) is 0.154. The predicted octanol–water partition coefficient (Wildman–Crippen LogP) is 2.33. The van der Waals surface area contributed by atoms with E-state index in [1.54, 1.807) is 31.3 Å². The summed E-state index contributed by atoms with van der Waals surface area (Å²) in [5.41, 5.74) is 1.32. The van der Waals surface area contributed by atoms with Crippen LogP contribution in [0.3, 0.4) is 0 Å². The summed E-state index contributed by atoms with van der Waals surface area (Å²) >= 11 is 1.05. The molecule has 1 amide bonds. The first-order valence-corrected chi connectivity index (χ1v) is 6.41. The van der Waals surface area contributed by atoms with E-state index in [1.165, 1.54) is 0 Å². The number of aromatic nitrogens is 1. The van der Waals surface area contributed by atoms with Crippen molar-refractivity contribution < 1.29 is 14.7 Å². The van der Waals surface area contributed by atoms with Gasteiger partial charge in [0.25, 0.3) is 0 Å². The van der Waals surface area contributed by atoms with Crippen LogP contribution in [0.2, 0.25) is 0 Å². The Kier molecular flexibility index (Phi) is 3.91. The second-order valence-electron chi connectivity index (χ2n) is 3.97. The van der Waals surface area contributed by atoms with E-state index in [-0.39, 0.29) is 17.2 Å². The van der Waals surface area contributed by atoms with E-state index in [1.807, 2.05) is 6.07 Å². The maximum atomic E-state index is 11.8. The van der Waals surface area contributed by atoms with Crippen molar-refractivity contribution in [1.82, 2.24) is 4.98 Å². The number of carbonyl (C=O) groups excluding carboxylic acids is 1. The molecule has 0 fully saturated rings. The Balaban J connectivity index is 2.03. The molecular weight excluding hydrogens is 264 g/mol. The number of carboxylic acid groups (broad SMARTS) is 1. The Morgan fingerprint density at radius 1 is 1.42 bits per heavy atom. The second kappa shape index (κ2) is 5.62. The van der Waals surface area contributed by atoms with E-state index in [2.05, 4.69) is 10.3 Å². The minimum absolute atomic E-state index is 0.167. The lowest BCUT2D eigenvalue weighted by Gasteiger charge is -2.01. The van der Waals surface area contributed by atoms with Gasteiger partial charge in [0.05, 0.1) is 11.4 Å². The van der Waals surface area contributed by atoms with Gasteiger partial charge >= 0.3 is 5.97 Å². The number of hydrogen-bond donors (Lipinski definition) is 2. The standard InChI is InChI=1S/C13H12N2O3S/c1-8-6-11(19-12(8)13(17)18)15-10(16)7-9-4-2-3-5-14-9/h2-6H,7H2,1H3,(H,15,16)(H,17,18). The van der Waals surface area contributed by atoms with Gasteiger partial charge in [-0.05, 0) is 30.7 Å². The van der Waals surface area contributed by atoms with Crippen molar-refractivity contribution in [3.8, 4) is 0 Å². The maximum Gasteiger partial charge on any atom is 0.346 e. The molecule has 0 saturated heterocycles. The quantitative estimate of drug-likeness (QED) is 0.898. The molecule has 0 aliphatic carbocycles. The molecule has 0 unspecified atom stereocenters. The number of rotatable bonds is 4. The molecule has 2 heterocycles. The van der Waals surface area contributed by atoms with E-state index in [4.69, 9.17) is 5.11 Å². The molecule has 2 aromatic rings. The Morgan fingerprint density at radius 2 is 2.21 bits per heavy atom. The van der Waals surface area contributed by atoms with Gasteiger partial charge in [0, 0.05) is 11.9 Å². The van der Waals surface area contributed by atoms with Crippen molar-refractivity contribution in [3.63, 3.8) is 0 Å². The van der Waals surface area contributed by atoms with Crippen molar-refractivity contribution in [2.75, 3.05) is 5.32 Å². The molecule has 2 N–H and O–H groups in total. The van der Waals surface area contributed by atoms with Crippen molar-refractivity contribution in [2.24, 2.45) is 0 Å². The number of aryl methyl sites for hydroxylation is 1. The van der Waals surface area contributed by atoms with E-state index in [9.17, 15) is 9.59 Å². The topological polar surface area (TPSA) is 79.3 Å². The van der Waals surface area contributed by atoms with Gasteiger partial charge in [-0.25, -0.2) is 4.79 Å². The summed E-state index contributed by atoms with van der Waals surface area (Å²) in [5.74, 6) is -1.19. The fourth-order valence-electron chi connectivity index (χ4n) is 1.60. The van der Waals surface area contributed by atoms with Gasteiger partial charge < -0.3 is 10.4 Å². The Morgan fingerprint density at radius 3 is 2.79 bits per heavy atom. The summed E-state index contributed by atoms with van der Waals surface area (Å²) in [6.45, 7) is 1.70. The first-order valence-electron chi connectivity index (χ1n) is 5.60. The summed E-state index contributed by atoms with van der Waals surface area (Å²) in [7, 11) is 0. The summed E-state index contributed by atoms with van der Waals surface area (Å²) < 4.78 is 0. The number of aromatic carboxylic acids is 1. The zero-order valence-corrected chi connectivity index (χ0v) is 11.0. The predicted molar refractivity (Wildman–Crippen MR) is 72.6 cm³/mol.